The number of aryl methyl sites for hydroxylation is 2. The molecule has 2 nitrogen and oxygen atoms in total. The predicted octanol–water partition coefficient (Wildman–Crippen LogP) is 5.04. The van der Waals surface area contributed by atoms with Gasteiger partial charge in [-0.3, -0.25) is 4.98 Å². The summed E-state index contributed by atoms with van der Waals surface area (Å²) < 4.78 is 34.4. The second-order valence-electron chi connectivity index (χ2n) is 6.37. The Kier molecular flexibility index (Phi) is 4.33. The molecule has 1 heterocycles. The van der Waals surface area contributed by atoms with Crippen molar-refractivity contribution in [3.63, 3.8) is 0 Å². The highest BCUT2D eigenvalue weighted by atomic mass is 19.2. The van der Waals surface area contributed by atoms with Crippen molar-refractivity contribution in [3.05, 3.63) is 46.7 Å². The summed E-state index contributed by atoms with van der Waals surface area (Å²) in [6.45, 7) is 3.63. The number of hydrogen-bond donors (Lipinski definition) is 0. The minimum absolute atomic E-state index is 0.162. The highest BCUT2D eigenvalue weighted by Gasteiger charge is 2.23. The van der Waals surface area contributed by atoms with E-state index in [1.54, 1.807) is 12.3 Å². The van der Waals surface area contributed by atoms with Crippen LogP contribution < -0.4 is 4.74 Å². The van der Waals surface area contributed by atoms with Gasteiger partial charge >= 0.3 is 0 Å². The lowest BCUT2D eigenvalue weighted by Gasteiger charge is -2.18. The first-order chi connectivity index (χ1) is 11.0. The van der Waals surface area contributed by atoms with Gasteiger partial charge in [-0.25, -0.2) is 8.78 Å². The van der Waals surface area contributed by atoms with E-state index in [0.29, 0.717) is 11.4 Å². The summed E-state index contributed by atoms with van der Waals surface area (Å²) >= 11 is 0. The van der Waals surface area contributed by atoms with Crippen molar-refractivity contribution in [2.24, 2.45) is 0 Å². The minimum atomic E-state index is -0.849. The van der Waals surface area contributed by atoms with Crippen LogP contribution in [0.2, 0.25) is 0 Å². The molecule has 0 unspecified atom stereocenters. The second-order valence-corrected chi connectivity index (χ2v) is 6.37. The van der Waals surface area contributed by atoms with Gasteiger partial charge in [-0.1, -0.05) is 13.8 Å². The van der Waals surface area contributed by atoms with Gasteiger partial charge in [0.15, 0.2) is 11.6 Å². The summed E-state index contributed by atoms with van der Waals surface area (Å²) in [7, 11) is 1.47. The van der Waals surface area contributed by atoms with Crippen LogP contribution in [0.3, 0.4) is 0 Å². The van der Waals surface area contributed by atoms with Crippen molar-refractivity contribution in [1.82, 2.24) is 4.98 Å². The van der Waals surface area contributed by atoms with Gasteiger partial charge in [-0.05, 0) is 54.9 Å². The van der Waals surface area contributed by atoms with Crippen molar-refractivity contribution >= 4 is 0 Å². The number of rotatable bonds is 3. The lowest BCUT2D eigenvalue weighted by atomic mass is 9.91. The molecule has 23 heavy (non-hydrogen) atoms. The van der Waals surface area contributed by atoms with E-state index < -0.39 is 11.6 Å². The second kappa shape index (κ2) is 6.26. The van der Waals surface area contributed by atoms with E-state index in [1.807, 2.05) is 19.9 Å². The Morgan fingerprint density at radius 1 is 1.04 bits per heavy atom. The molecule has 1 aromatic carbocycles. The predicted molar refractivity (Wildman–Crippen MR) is 86.9 cm³/mol. The first kappa shape index (κ1) is 15.9. The molecule has 0 amide bonds. The SMILES string of the molecule is COc1cc(-c2cc3c(cn2)CCCC3)c(F)c(F)c1C(C)C. The van der Waals surface area contributed by atoms with Gasteiger partial charge in [0, 0.05) is 17.3 Å². The molecular formula is C19H21F2NO. The maximum Gasteiger partial charge on any atom is 0.168 e. The number of halogens is 2. The van der Waals surface area contributed by atoms with Gasteiger partial charge in [-0.2, -0.15) is 0 Å². The Labute approximate surface area is 135 Å². The molecule has 0 atom stereocenters. The molecular weight excluding hydrogens is 296 g/mol. The molecule has 0 fully saturated rings. The lowest BCUT2D eigenvalue weighted by molar-refractivity contribution is 0.395. The Balaban J connectivity index is 2.15. The highest BCUT2D eigenvalue weighted by molar-refractivity contribution is 5.65. The van der Waals surface area contributed by atoms with Gasteiger partial charge in [0.05, 0.1) is 12.8 Å². The molecule has 1 aliphatic carbocycles. The minimum Gasteiger partial charge on any atom is -0.496 e. The summed E-state index contributed by atoms with van der Waals surface area (Å²) in [6, 6.07) is 3.45. The van der Waals surface area contributed by atoms with Crippen molar-refractivity contribution in [3.8, 4) is 17.0 Å². The number of nitrogens with zero attached hydrogens (tertiary/aromatic N) is 1. The van der Waals surface area contributed by atoms with Gasteiger partial charge < -0.3 is 4.74 Å². The Morgan fingerprint density at radius 2 is 1.74 bits per heavy atom. The average molecular weight is 317 g/mol. The molecule has 1 aliphatic rings. The largest absolute Gasteiger partial charge is 0.496 e. The maximum absolute atomic E-state index is 14.6. The molecule has 0 radical (unpaired) electrons. The third-order valence-electron chi connectivity index (χ3n) is 4.50. The fourth-order valence-corrected chi connectivity index (χ4v) is 3.27. The van der Waals surface area contributed by atoms with E-state index in [-0.39, 0.29) is 17.0 Å². The number of aromatic nitrogens is 1. The van der Waals surface area contributed by atoms with Gasteiger partial charge in [0.2, 0.25) is 0 Å². The molecule has 0 saturated heterocycles. The van der Waals surface area contributed by atoms with E-state index in [0.717, 1.165) is 25.7 Å². The molecule has 1 aromatic heterocycles. The molecule has 0 aliphatic heterocycles. The molecule has 0 bridgehead atoms. The Hall–Kier alpha value is -1.97. The highest BCUT2D eigenvalue weighted by Crippen LogP contribution is 2.37. The molecule has 0 saturated carbocycles. The van der Waals surface area contributed by atoms with E-state index in [1.165, 1.54) is 18.2 Å². The van der Waals surface area contributed by atoms with Gasteiger partial charge in [-0.15, -0.1) is 0 Å². The normalized spacial score (nSPS) is 14.0. The van der Waals surface area contributed by atoms with Crippen molar-refractivity contribution < 1.29 is 13.5 Å². The quantitative estimate of drug-likeness (QED) is 0.791. The fraction of sp³-hybridized carbons (Fsp3) is 0.421. The summed E-state index contributed by atoms with van der Waals surface area (Å²) in [5, 5.41) is 0. The van der Waals surface area contributed by atoms with Crippen molar-refractivity contribution in [2.75, 3.05) is 7.11 Å². The zero-order valence-electron chi connectivity index (χ0n) is 13.7. The van der Waals surface area contributed by atoms with Crippen LogP contribution in [0.5, 0.6) is 5.75 Å². The monoisotopic (exact) mass is 317 g/mol. The first-order valence-corrected chi connectivity index (χ1v) is 8.07. The molecule has 0 spiro atoms. The number of ether oxygens (including phenoxy) is 1. The summed E-state index contributed by atoms with van der Waals surface area (Å²) in [5.41, 5.74) is 3.30. The van der Waals surface area contributed by atoms with E-state index in [9.17, 15) is 8.78 Å². The number of hydrogen-bond acceptors (Lipinski definition) is 2. The van der Waals surface area contributed by atoms with Crippen LogP contribution in [0.15, 0.2) is 18.3 Å². The molecule has 0 N–H and O–H groups in total. The van der Waals surface area contributed by atoms with Crippen LogP contribution >= 0.6 is 0 Å². The van der Waals surface area contributed by atoms with Crippen molar-refractivity contribution in [1.29, 1.82) is 0 Å². The van der Waals surface area contributed by atoms with E-state index >= 15 is 0 Å². The van der Waals surface area contributed by atoms with Crippen LogP contribution in [0.1, 0.15) is 49.3 Å². The molecule has 4 heteroatoms. The number of pyridine rings is 1. The molecule has 2 aromatic rings. The number of fused-ring (bicyclic) bond motifs is 1. The zero-order chi connectivity index (χ0) is 16.6. The third kappa shape index (κ3) is 2.82. The summed E-state index contributed by atoms with van der Waals surface area (Å²) in [6.07, 6.45) is 6.06. The van der Waals surface area contributed by atoms with E-state index in [2.05, 4.69) is 4.98 Å². The van der Waals surface area contributed by atoms with Gasteiger partial charge in [0.25, 0.3) is 0 Å². The average Bonchev–Trinajstić information content (AvgIpc) is 2.56. The molecule has 122 valence electrons. The summed E-state index contributed by atoms with van der Waals surface area (Å²) in [5.74, 6) is -1.48. The standard InChI is InChI=1S/C19H21F2NO/c1-11(2)17-16(23-3)9-14(18(20)19(17)21)15-8-12-6-4-5-7-13(12)10-22-15/h8-11H,4-7H2,1-3H3. The van der Waals surface area contributed by atoms with Crippen LogP contribution in [-0.4, -0.2) is 12.1 Å². The van der Waals surface area contributed by atoms with Crippen LogP contribution in [0, 0.1) is 11.6 Å². The topological polar surface area (TPSA) is 22.1 Å². The van der Waals surface area contributed by atoms with Gasteiger partial charge in [0.1, 0.15) is 5.75 Å². The van der Waals surface area contributed by atoms with E-state index in [4.69, 9.17) is 4.74 Å². The summed E-state index contributed by atoms with van der Waals surface area (Å²) in [4.78, 5) is 4.35. The fourth-order valence-electron chi connectivity index (χ4n) is 3.27. The molecule has 3 rings (SSSR count). The maximum atomic E-state index is 14.6. The van der Waals surface area contributed by atoms with Crippen LogP contribution in [-0.2, 0) is 12.8 Å². The smallest absolute Gasteiger partial charge is 0.168 e. The zero-order valence-corrected chi connectivity index (χ0v) is 13.7. The number of benzene rings is 1. The van der Waals surface area contributed by atoms with Crippen LogP contribution in [0.25, 0.3) is 11.3 Å². The Morgan fingerprint density at radius 3 is 2.39 bits per heavy atom. The van der Waals surface area contributed by atoms with Crippen LogP contribution in [0.4, 0.5) is 8.78 Å². The Bertz CT molecular complexity index is 741. The van der Waals surface area contributed by atoms with Crippen molar-refractivity contribution in [2.45, 2.75) is 45.4 Å². The number of methoxy groups -OCH3 is 1. The first-order valence-electron chi connectivity index (χ1n) is 8.07. The lowest BCUT2D eigenvalue weighted by Crippen LogP contribution is -2.06. The third-order valence-corrected chi connectivity index (χ3v) is 4.50.